The van der Waals surface area contributed by atoms with Crippen LogP contribution in [0.3, 0.4) is 0 Å². The molecule has 45 heavy (non-hydrogen) atoms. The van der Waals surface area contributed by atoms with E-state index in [9.17, 15) is 28.8 Å². The van der Waals surface area contributed by atoms with E-state index in [2.05, 4.69) is 15.7 Å². The Labute approximate surface area is 260 Å². The normalized spacial score (nSPS) is 20.7. The SMILES string of the molecule is CC(C)(C)OC(=O)N1CCC(n2ncc(CNc3cccc4c3C(=O)N(C3CCC(=O)NC3=O)C4=O)c2CC(=O)C2CC2)CC1. The number of amides is 5. The predicted molar refractivity (Wildman–Crippen MR) is 160 cm³/mol. The number of nitrogens with one attached hydrogen (secondary N) is 2. The van der Waals surface area contributed by atoms with E-state index in [0.717, 1.165) is 29.0 Å². The van der Waals surface area contributed by atoms with Crippen LogP contribution in [0.15, 0.2) is 24.4 Å². The maximum Gasteiger partial charge on any atom is 0.410 e. The summed E-state index contributed by atoms with van der Waals surface area (Å²) in [7, 11) is 0. The highest BCUT2D eigenvalue weighted by Crippen LogP contribution is 2.35. The van der Waals surface area contributed by atoms with Crippen LogP contribution < -0.4 is 10.6 Å². The zero-order valence-corrected chi connectivity index (χ0v) is 25.8. The highest BCUT2D eigenvalue weighted by atomic mass is 16.6. The van der Waals surface area contributed by atoms with Gasteiger partial charge in [0.05, 0.1) is 29.1 Å². The number of piperidine rings is 2. The lowest BCUT2D eigenvalue weighted by atomic mass is 10.0. The van der Waals surface area contributed by atoms with Crippen molar-refractivity contribution in [3.05, 3.63) is 46.8 Å². The molecule has 13 nitrogen and oxygen atoms in total. The third-order valence-corrected chi connectivity index (χ3v) is 8.76. The second-order valence-corrected chi connectivity index (χ2v) is 13.2. The van der Waals surface area contributed by atoms with Gasteiger partial charge in [0.25, 0.3) is 11.8 Å². The van der Waals surface area contributed by atoms with Crippen molar-refractivity contribution >= 4 is 41.2 Å². The maximum atomic E-state index is 13.5. The number of imide groups is 2. The average molecular weight is 619 g/mol. The molecule has 1 saturated carbocycles. The second-order valence-electron chi connectivity index (χ2n) is 13.2. The minimum absolute atomic E-state index is 0.00157. The quantitative estimate of drug-likeness (QED) is 0.424. The molecular formula is C32H38N6O7. The van der Waals surface area contributed by atoms with Gasteiger partial charge in [-0.05, 0) is 65.0 Å². The van der Waals surface area contributed by atoms with Crippen molar-refractivity contribution in [1.29, 1.82) is 0 Å². The number of hydrogen-bond donors (Lipinski definition) is 2. The average Bonchev–Trinajstić information content (AvgIpc) is 3.72. The van der Waals surface area contributed by atoms with Crippen LogP contribution in [0.4, 0.5) is 10.5 Å². The van der Waals surface area contributed by atoms with Gasteiger partial charge in [-0.2, -0.15) is 5.10 Å². The van der Waals surface area contributed by atoms with Crippen molar-refractivity contribution < 1.29 is 33.5 Å². The van der Waals surface area contributed by atoms with Crippen molar-refractivity contribution in [2.75, 3.05) is 18.4 Å². The maximum absolute atomic E-state index is 13.5. The number of carbonyl (C=O) groups excluding carboxylic acids is 6. The summed E-state index contributed by atoms with van der Waals surface area (Å²) in [5, 5.41) is 10.2. The summed E-state index contributed by atoms with van der Waals surface area (Å²) in [5.74, 6) is -2.02. The molecule has 0 spiro atoms. The van der Waals surface area contributed by atoms with Crippen LogP contribution >= 0.6 is 0 Å². The molecule has 1 aliphatic carbocycles. The first-order chi connectivity index (χ1) is 21.4. The van der Waals surface area contributed by atoms with Crippen LogP contribution in [0.1, 0.15) is 97.3 Å². The lowest BCUT2D eigenvalue weighted by Crippen LogP contribution is -2.54. The number of Topliss-reactive ketones (excluding diaryl/α,β-unsaturated/α-hetero) is 1. The minimum atomic E-state index is -1.05. The van der Waals surface area contributed by atoms with Gasteiger partial charge in [-0.1, -0.05) is 6.07 Å². The van der Waals surface area contributed by atoms with Gasteiger partial charge in [0.2, 0.25) is 11.8 Å². The lowest BCUT2D eigenvalue weighted by Gasteiger charge is -2.34. The zero-order chi connectivity index (χ0) is 32.0. The molecule has 3 fully saturated rings. The first-order valence-electron chi connectivity index (χ1n) is 15.6. The number of ether oxygens (including phenoxy) is 1. The molecule has 4 heterocycles. The molecule has 6 rings (SSSR count). The number of ketones is 1. The number of rotatable bonds is 8. The molecule has 3 aliphatic heterocycles. The molecule has 13 heteroatoms. The number of benzene rings is 1. The topological polar surface area (TPSA) is 160 Å². The summed E-state index contributed by atoms with van der Waals surface area (Å²) in [5.41, 5.74) is 1.81. The Balaban J connectivity index is 1.19. The lowest BCUT2D eigenvalue weighted by molar-refractivity contribution is -0.136. The van der Waals surface area contributed by atoms with Gasteiger partial charge in [-0.3, -0.25) is 38.9 Å². The molecule has 2 N–H and O–H groups in total. The fourth-order valence-electron chi connectivity index (χ4n) is 6.27. The van der Waals surface area contributed by atoms with Gasteiger partial charge in [0.15, 0.2) is 0 Å². The molecule has 1 aromatic carbocycles. The van der Waals surface area contributed by atoms with Gasteiger partial charge in [0, 0.05) is 49.6 Å². The summed E-state index contributed by atoms with van der Waals surface area (Å²) in [6.45, 7) is 6.79. The molecule has 2 saturated heterocycles. The van der Waals surface area contributed by atoms with Crippen molar-refractivity contribution in [3.63, 3.8) is 0 Å². The van der Waals surface area contributed by atoms with E-state index in [4.69, 9.17) is 4.74 Å². The Morgan fingerprint density at radius 1 is 1.02 bits per heavy atom. The summed E-state index contributed by atoms with van der Waals surface area (Å²) in [4.78, 5) is 79.1. The Morgan fingerprint density at radius 2 is 1.76 bits per heavy atom. The molecule has 2 aromatic rings. The van der Waals surface area contributed by atoms with Gasteiger partial charge in [0.1, 0.15) is 17.4 Å². The zero-order valence-electron chi connectivity index (χ0n) is 25.8. The van der Waals surface area contributed by atoms with E-state index in [0.29, 0.717) is 31.6 Å². The Bertz CT molecular complexity index is 1580. The van der Waals surface area contributed by atoms with Crippen molar-refractivity contribution in [2.24, 2.45) is 5.92 Å². The van der Waals surface area contributed by atoms with Crippen molar-refractivity contribution in [1.82, 2.24) is 24.9 Å². The fraction of sp³-hybridized carbons (Fsp3) is 0.531. The van der Waals surface area contributed by atoms with E-state index in [1.807, 2.05) is 25.5 Å². The van der Waals surface area contributed by atoms with Crippen LogP contribution in [-0.2, 0) is 32.1 Å². The van der Waals surface area contributed by atoms with Gasteiger partial charge in [-0.25, -0.2) is 4.79 Å². The van der Waals surface area contributed by atoms with E-state index >= 15 is 0 Å². The standard InChI is InChI=1S/C32H38N6O7/c1-32(2,3)45-31(44)36-13-11-20(12-14-36)38-24(15-25(39)18-7-8-18)19(17-34-38)16-33-22-6-4-5-21-27(22)30(43)37(29(21)42)23-9-10-26(40)35-28(23)41/h4-6,17-18,20,23,33H,7-16H2,1-3H3,(H,35,40,41). The first-order valence-corrected chi connectivity index (χ1v) is 15.6. The summed E-state index contributed by atoms with van der Waals surface area (Å²) in [6, 6.07) is 3.86. The van der Waals surface area contributed by atoms with Gasteiger partial charge < -0.3 is 15.0 Å². The molecule has 1 atom stereocenters. The van der Waals surface area contributed by atoms with E-state index < -0.39 is 35.3 Å². The van der Waals surface area contributed by atoms with Crippen LogP contribution in [0.5, 0.6) is 0 Å². The summed E-state index contributed by atoms with van der Waals surface area (Å²) in [6.07, 6.45) is 4.87. The summed E-state index contributed by atoms with van der Waals surface area (Å²) >= 11 is 0. The Hall–Kier alpha value is -4.55. The third kappa shape index (κ3) is 6.20. The predicted octanol–water partition coefficient (Wildman–Crippen LogP) is 2.99. The molecule has 1 aromatic heterocycles. The third-order valence-electron chi connectivity index (χ3n) is 8.76. The highest BCUT2D eigenvalue weighted by molar-refractivity contribution is 6.25. The van der Waals surface area contributed by atoms with Crippen LogP contribution in [0.25, 0.3) is 0 Å². The first kappa shape index (κ1) is 30.5. The molecule has 5 amide bonds. The van der Waals surface area contributed by atoms with Gasteiger partial charge in [-0.15, -0.1) is 0 Å². The molecular weight excluding hydrogens is 580 g/mol. The number of nitrogens with zero attached hydrogens (tertiary/aromatic N) is 4. The van der Waals surface area contributed by atoms with Crippen LogP contribution in [-0.4, -0.2) is 79.8 Å². The second kappa shape index (κ2) is 11.8. The Morgan fingerprint density at radius 3 is 2.42 bits per heavy atom. The number of anilines is 1. The molecule has 1 unspecified atom stereocenters. The van der Waals surface area contributed by atoms with E-state index in [1.54, 1.807) is 29.3 Å². The van der Waals surface area contributed by atoms with Crippen LogP contribution in [0.2, 0.25) is 0 Å². The van der Waals surface area contributed by atoms with E-state index in [-0.39, 0.29) is 60.8 Å². The number of aromatic nitrogens is 2. The summed E-state index contributed by atoms with van der Waals surface area (Å²) < 4.78 is 7.45. The highest BCUT2D eigenvalue weighted by Gasteiger charge is 2.45. The number of hydrogen-bond acceptors (Lipinski definition) is 9. The molecule has 238 valence electrons. The largest absolute Gasteiger partial charge is 0.444 e. The monoisotopic (exact) mass is 618 g/mol. The molecule has 0 radical (unpaired) electrons. The van der Waals surface area contributed by atoms with E-state index in [1.165, 1.54) is 0 Å². The molecule has 0 bridgehead atoms. The van der Waals surface area contributed by atoms with Crippen molar-refractivity contribution in [2.45, 2.75) is 89.9 Å². The minimum Gasteiger partial charge on any atom is -0.444 e. The number of fused-ring (bicyclic) bond motifs is 1. The van der Waals surface area contributed by atoms with Crippen LogP contribution in [0, 0.1) is 5.92 Å². The van der Waals surface area contributed by atoms with Gasteiger partial charge >= 0.3 is 6.09 Å². The molecule has 4 aliphatic rings. The Kier molecular flexibility index (Phi) is 7.96. The number of carbonyl (C=O) groups is 6. The van der Waals surface area contributed by atoms with Crippen molar-refractivity contribution in [3.8, 4) is 0 Å². The smallest absolute Gasteiger partial charge is 0.410 e. The number of likely N-dealkylation sites (tertiary alicyclic amines) is 1. The fourth-order valence-corrected chi connectivity index (χ4v) is 6.27.